The van der Waals surface area contributed by atoms with Gasteiger partial charge in [0.05, 0.1) is 5.92 Å². The minimum atomic E-state index is -0.144. The number of hydrogen-bond acceptors (Lipinski definition) is 3. The molecule has 1 rings (SSSR count). The molecule has 4 nitrogen and oxygen atoms in total. The van der Waals surface area contributed by atoms with Crippen LogP contribution in [-0.2, 0) is 11.2 Å². The first-order valence-electron chi connectivity index (χ1n) is 5.64. The molecule has 1 aromatic heterocycles. The molecule has 0 saturated carbocycles. The van der Waals surface area contributed by atoms with E-state index in [9.17, 15) is 4.79 Å². The fraction of sp³-hybridized carbons (Fsp3) is 0.500. The summed E-state index contributed by atoms with van der Waals surface area (Å²) in [4.78, 5) is 15.7. The number of rotatable bonds is 6. The fourth-order valence-electron chi connectivity index (χ4n) is 1.48. The van der Waals surface area contributed by atoms with Gasteiger partial charge in [0, 0.05) is 25.5 Å². The molecular formula is C12H19N3O. The van der Waals surface area contributed by atoms with Gasteiger partial charge >= 0.3 is 0 Å². The van der Waals surface area contributed by atoms with Gasteiger partial charge in [-0.1, -0.05) is 6.92 Å². The van der Waals surface area contributed by atoms with Crippen molar-refractivity contribution in [1.29, 1.82) is 0 Å². The van der Waals surface area contributed by atoms with Crippen LogP contribution in [0.1, 0.15) is 18.9 Å². The molecule has 1 heterocycles. The number of nitrogens with one attached hydrogen (secondary N) is 1. The predicted molar refractivity (Wildman–Crippen MR) is 63.8 cm³/mol. The zero-order valence-electron chi connectivity index (χ0n) is 9.65. The summed E-state index contributed by atoms with van der Waals surface area (Å²) in [5.41, 5.74) is 6.71. The zero-order valence-corrected chi connectivity index (χ0v) is 9.65. The van der Waals surface area contributed by atoms with Crippen LogP contribution in [0.3, 0.4) is 0 Å². The predicted octanol–water partition coefficient (Wildman–Crippen LogP) is 0.725. The molecule has 0 aliphatic heterocycles. The highest BCUT2D eigenvalue weighted by Gasteiger charge is 2.16. The van der Waals surface area contributed by atoms with E-state index in [-0.39, 0.29) is 11.8 Å². The van der Waals surface area contributed by atoms with Crippen molar-refractivity contribution in [1.82, 2.24) is 10.3 Å². The third-order valence-electron chi connectivity index (χ3n) is 2.44. The quantitative estimate of drug-likeness (QED) is 0.744. The molecule has 1 unspecified atom stereocenters. The monoisotopic (exact) mass is 221 g/mol. The van der Waals surface area contributed by atoms with Gasteiger partial charge < -0.3 is 11.1 Å². The average molecular weight is 221 g/mol. The lowest BCUT2D eigenvalue weighted by Gasteiger charge is -2.14. The van der Waals surface area contributed by atoms with E-state index in [4.69, 9.17) is 5.73 Å². The number of hydrogen-bond donors (Lipinski definition) is 2. The minimum Gasteiger partial charge on any atom is -0.356 e. The van der Waals surface area contributed by atoms with Crippen LogP contribution >= 0.6 is 0 Å². The third-order valence-corrected chi connectivity index (χ3v) is 2.44. The lowest BCUT2D eigenvalue weighted by molar-refractivity contribution is -0.124. The van der Waals surface area contributed by atoms with E-state index in [1.165, 1.54) is 0 Å². The number of carbonyl (C=O) groups excluding carboxylic acids is 1. The van der Waals surface area contributed by atoms with Gasteiger partial charge in [0.15, 0.2) is 0 Å². The van der Waals surface area contributed by atoms with E-state index in [1.807, 2.05) is 19.1 Å². The summed E-state index contributed by atoms with van der Waals surface area (Å²) >= 11 is 0. The van der Waals surface area contributed by atoms with Gasteiger partial charge in [-0.05, 0) is 30.5 Å². The second-order valence-corrected chi connectivity index (χ2v) is 3.78. The molecule has 0 aliphatic rings. The van der Waals surface area contributed by atoms with Gasteiger partial charge in [-0.2, -0.15) is 0 Å². The molecule has 88 valence electrons. The Morgan fingerprint density at radius 1 is 1.50 bits per heavy atom. The Labute approximate surface area is 96.3 Å². The number of aromatic nitrogens is 1. The summed E-state index contributed by atoms with van der Waals surface area (Å²) in [5, 5.41) is 2.87. The normalized spacial score (nSPS) is 12.1. The van der Waals surface area contributed by atoms with Gasteiger partial charge in [-0.3, -0.25) is 9.78 Å². The van der Waals surface area contributed by atoms with E-state index in [2.05, 4.69) is 10.3 Å². The van der Waals surface area contributed by atoms with Crippen LogP contribution in [0.15, 0.2) is 24.5 Å². The van der Waals surface area contributed by atoms with Gasteiger partial charge in [-0.15, -0.1) is 0 Å². The van der Waals surface area contributed by atoms with Crippen molar-refractivity contribution in [2.75, 3.05) is 13.1 Å². The Hall–Kier alpha value is -1.42. The smallest absolute Gasteiger partial charge is 0.224 e. The van der Waals surface area contributed by atoms with Gasteiger partial charge in [0.25, 0.3) is 0 Å². The van der Waals surface area contributed by atoms with E-state index < -0.39 is 0 Å². The molecule has 0 aromatic carbocycles. The number of carbonyl (C=O) groups is 1. The topological polar surface area (TPSA) is 68.0 Å². The SMILES string of the molecule is CCCNC(=O)C(CN)Cc1ccncc1. The van der Waals surface area contributed by atoms with Crippen LogP contribution in [0, 0.1) is 5.92 Å². The molecule has 0 aliphatic carbocycles. The highest BCUT2D eigenvalue weighted by molar-refractivity contribution is 5.79. The average Bonchev–Trinajstić information content (AvgIpc) is 2.34. The van der Waals surface area contributed by atoms with Crippen molar-refractivity contribution < 1.29 is 4.79 Å². The Morgan fingerprint density at radius 2 is 2.19 bits per heavy atom. The summed E-state index contributed by atoms with van der Waals surface area (Å²) in [6.07, 6.45) is 5.08. The fourth-order valence-corrected chi connectivity index (χ4v) is 1.48. The van der Waals surface area contributed by atoms with Crippen molar-refractivity contribution >= 4 is 5.91 Å². The number of nitrogens with two attached hydrogens (primary N) is 1. The summed E-state index contributed by atoms with van der Waals surface area (Å²) in [7, 11) is 0. The number of amides is 1. The molecule has 0 bridgehead atoms. The molecule has 0 radical (unpaired) electrons. The molecule has 1 aromatic rings. The first kappa shape index (κ1) is 12.6. The van der Waals surface area contributed by atoms with Gasteiger partial charge in [0.2, 0.25) is 5.91 Å². The Kier molecular flexibility index (Phi) is 5.50. The summed E-state index contributed by atoms with van der Waals surface area (Å²) < 4.78 is 0. The van der Waals surface area contributed by atoms with Crippen molar-refractivity contribution in [3.05, 3.63) is 30.1 Å². The lowest BCUT2D eigenvalue weighted by Crippen LogP contribution is -2.36. The molecule has 3 N–H and O–H groups in total. The molecule has 1 amide bonds. The molecule has 0 spiro atoms. The molecule has 4 heteroatoms. The van der Waals surface area contributed by atoms with Crippen molar-refractivity contribution in [3.63, 3.8) is 0 Å². The maximum Gasteiger partial charge on any atom is 0.224 e. The molecule has 0 saturated heterocycles. The molecule has 0 fully saturated rings. The van der Waals surface area contributed by atoms with Crippen molar-refractivity contribution in [2.45, 2.75) is 19.8 Å². The molecule has 1 atom stereocenters. The van der Waals surface area contributed by atoms with E-state index in [0.29, 0.717) is 19.5 Å². The summed E-state index contributed by atoms with van der Waals surface area (Å²) in [5.74, 6) is -0.102. The number of pyridine rings is 1. The molecule has 16 heavy (non-hydrogen) atoms. The van der Waals surface area contributed by atoms with Crippen molar-refractivity contribution in [3.8, 4) is 0 Å². The van der Waals surface area contributed by atoms with Crippen LogP contribution in [0.2, 0.25) is 0 Å². The standard InChI is InChI=1S/C12H19N3O/c1-2-5-15-12(16)11(9-13)8-10-3-6-14-7-4-10/h3-4,6-7,11H,2,5,8-9,13H2,1H3,(H,15,16). The largest absolute Gasteiger partial charge is 0.356 e. The lowest BCUT2D eigenvalue weighted by atomic mass is 9.99. The summed E-state index contributed by atoms with van der Waals surface area (Å²) in [6.45, 7) is 3.12. The van der Waals surface area contributed by atoms with Crippen LogP contribution < -0.4 is 11.1 Å². The van der Waals surface area contributed by atoms with Crippen LogP contribution in [0.4, 0.5) is 0 Å². The van der Waals surface area contributed by atoms with E-state index >= 15 is 0 Å². The highest BCUT2D eigenvalue weighted by Crippen LogP contribution is 2.06. The van der Waals surface area contributed by atoms with Crippen LogP contribution in [0.25, 0.3) is 0 Å². The van der Waals surface area contributed by atoms with Gasteiger partial charge in [-0.25, -0.2) is 0 Å². The second-order valence-electron chi connectivity index (χ2n) is 3.78. The highest BCUT2D eigenvalue weighted by atomic mass is 16.1. The Morgan fingerprint density at radius 3 is 2.75 bits per heavy atom. The second kappa shape index (κ2) is 6.95. The maximum absolute atomic E-state index is 11.7. The molecular weight excluding hydrogens is 202 g/mol. The Bertz CT molecular complexity index is 313. The third kappa shape index (κ3) is 3.98. The maximum atomic E-state index is 11.7. The first-order chi connectivity index (χ1) is 7.77. The first-order valence-corrected chi connectivity index (χ1v) is 5.64. The zero-order chi connectivity index (χ0) is 11.8. The van der Waals surface area contributed by atoms with Gasteiger partial charge in [0.1, 0.15) is 0 Å². The minimum absolute atomic E-state index is 0.0427. The van der Waals surface area contributed by atoms with Crippen molar-refractivity contribution in [2.24, 2.45) is 11.7 Å². The van der Waals surface area contributed by atoms with E-state index in [1.54, 1.807) is 12.4 Å². The summed E-state index contributed by atoms with van der Waals surface area (Å²) in [6, 6.07) is 3.82. The van der Waals surface area contributed by atoms with Crippen LogP contribution in [-0.4, -0.2) is 24.0 Å². The number of nitrogens with zero attached hydrogens (tertiary/aromatic N) is 1. The Balaban J connectivity index is 2.52. The van der Waals surface area contributed by atoms with E-state index in [0.717, 1.165) is 12.0 Å². The van der Waals surface area contributed by atoms with Crippen LogP contribution in [0.5, 0.6) is 0 Å².